The molecule has 3 nitrogen and oxygen atoms in total. The van der Waals surface area contributed by atoms with Crippen LogP contribution in [0.2, 0.25) is 0 Å². The third-order valence-electron chi connectivity index (χ3n) is 2.21. The molecule has 1 aromatic rings. The second kappa shape index (κ2) is 5.28. The van der Waals surface area contributed by atoms with E-state index in [1.54, 1.807) is 0 Å². The fourth-order valence-electron chi connectivity index (χ4n) is 1.41. The Labute approximate surface area is 90.9 Å². The first-order valence-corrected chi connectivity index (χ1v) is 6.65. The summed E-state index contributed by atoms with van der Waals surface area (Å²) in [6.45, 7) is 2.12. The Morgan fingerprint density at radius 3 is 1.93 bits per heavy atom. The molecule has 0 aliphatic carbocycles. The highest BCUT2D eigenvalue weighted by Crippen LogP contribution is 2.07. The first-order chi connectivity index (χ1) is 7.01. The maximum Gasteiger partial charge on any atom is 0.265 e. The molecule has 0 aliphatic rings. The molecule has 0 aromatic heterocycles. The highest BCUT2D eigenvalue weighted by molar-refractivity contribution is 7.85. The average molecular weight is 228 g/mol. The van der Waals surface area contributed by atoms with E-state index in [9.17, 15) is 8.42 Å². The number of hydrogen-bond donors (Lipinski definition) is 1. The van der Waals surface area contributed by atoms with Crippen molar-refractivity contribution in [1.29, 1.82) is 0 Å². The minimum atomic E-state index is -3.84. The topological polar surface area (TPSA) is 54.4 Å². The van der Waals surface area contributed by atoms with Gasteiger partial charge in [0.15, 0.2) is 0 Å². The lowest BCUT2D eigenvalue weighted by Gasteiger charge is -2.02. The van der Waals surface area contributed by atoms with Crippen molar-refractivity contribution in [2.24, 2.45) is 0 Å². The highest BCUT2D eigenvalue weighted by atomic mass is 32.2. The van der Waals surface area contributed by atoms with Crippen molar-refractivity contribution in [3.05, 3.63) is 35.4 Å². The van der Waals surface area contributed by atoms with Gasteiger partial charge >= 0.3 is 0 Å². The van der Waals surface area contributed by atoms with Gasteiger partial charge in [-0.1, -0.05) is 37.6 Å². The largest absolute Gasteiger partial charge is 0.286 e. The predicted octanol–water partition coefficient (Wildman–Crippen LogP) is 2.07. The van der Waals surface area contributed by atoms with E-state index in [0.29, 0.717) is 6.42 Å². The summed E-state index contributed by atoms with van der Waals surface area (Å²) in [6.07, 6.45) is 2.51. The van der Waals surface area contributed by atoms with Crippen LogP contribution in [0.1, 0.15) is 24.5 Å². The average Bonchev–Trinajstić information content (AvgIpc) is 2.16. The van der Waals surface area contributed by atoms with Crippen molar-refractivity contribution in [2.45, 2.75) is 26.2 Å². The van der Waals surface area contributed by atoms with Gasteiger partial charge in [-0.25, -0.2) is 0 Å². The Kier molecular flexibility index (Phi) is 4.29. The van der Waals surface area contributed by atoms with Crippen LogP contribution in [-0.2, 0) is 23.0 Å². The number of rotatable bonds is 5. The summed E-state index contributed by atoms with van der Waals surface area (Å²) in [6, 6.07) is 7.83. The van der Waals surface area contributed by atoms with E-state index in [4.69, 9.17) is 4.55 Å². The molecule has 0 aliphatic heterocycles. The zero-order chi connectivity index (χ0) is 11.3. The van der Waals surface area contributed by atoms with E-state index in [0.717, 1.165) is 18.4 Å². The fraction of sp³-hybridized carbons (Fsp3) is 0.455. The van der Waals surface area contributed by atoms with Crippen LogP contribution >= 0.6 is 0 Å². The summed E-state index contributed by atoms with van der Waals surface area (Å²) >= 11 is 0. The molecule has 1 N–H and O–H groups in total. The molecule has 0 amide bonds. The maximum atomic E-state index is 10.5. The molecule has 0 spiro atoms. The van der Waals surface area contributed by atoms with Crippen molar-refractivity contribution in [1.82, 2.24) is 0 Å². The molecule has 0 heterocycles. The molecule has 0 radical (unpaired) electrons. The van der Waals surface area contributed by atoms with Crippen LogP contribution in [0.15, 0.2) is 24.3 Å². The Bertz CT molecular complexity index is 392. The van der Waals surface area contributed by atoms with Gasteiger partial charge < -0.3 is 0 Å². The minimum absolute atomic E-state index is 0.208. The van der Waals surface area contributed by atoms with Gasteiger partial charge in [-0.05, 0) is 24.0 Å². The normalized spacial score (nSPS) is 11.6. The molecule has 0 saturated carbocycles. The van der Waals surface area contributed by atoms with Crippen LogP contribution in [0, 0.1) is 0 Å². The monoisotopic (exact) mass is 228 g/mol. The van der Waals surface area contributed by atoms with E-state index in [2.05, 4.69) is 6.92 Å². The van der Waals surface area contributed by atoms with Crippen LogP contribution in [0.25, 0.3) is 0 Å². The molecule has 15 heavy (non-hydrogen) atoms. The van der Waals surface area contributed by atoms with Gasteiger partial charge in [-0.2, -0.15) is 8.42 Å². The fourth-order valence-corrected chi connectivity index (χ4v) is 1.90. The molecular weight excluding hydrogens is 212 g/mol. The van der Waals surface area contributed by atoms with Crippen LogP contribution < -0.4 is 0 Å². The second-order valence-electron chi connectivity index (χ2n) is 3.60. The van der Waals surface area contributed by atoms with Gasteiger partial charge in [-0.15, -0.1) is 0 Å². The van der Waals surface area contributed by atoms with E-state index in [-0.39, 0.29) is 5.75 Å². The van der Waals surface area contributed by atoms with Crippen LogP contribution in [0.3, 0.4) is 0 Å². The van der Waals surface area contributed by atoms with E-state index < -0.39 is 10.1 Å². The first kappa shape index (κ1) is 12.2. The van der Waals surface area contributed by atoms with Gasteiger partial charge in [0.05, 0.1) is 5.75 Å². The molecule has 84 valence electrons. The lowest BCUT2D eigenvalue weighted by Crippen LogP contribution is -2.06. The second-order valence-corrected chi connectivity index (χ2v) is 5.17. The summed E-state index contributed by atoms with van der Waals surface area (Å²) in [5.41, 5.74) is 2.19. The SMILES string of the molecule is CCCc1ccc(CCS(=O)(=O)O)cc1. The summed E-state index contributed by atoms with van der Waals surface area (Å²) in [5, 5.41) is 0. The Morgan fingerprint density at radius 2 is 1.53 bits per heavy atom. The molecule has 0 bridgehead atoms. The van der Waals surface area contributed by atoms with Gasteiger partial charge in [-0.3, -0.25) is 4.55 Å². The molecule has 1 rings (SSSR count). The molecule has 1 aromatic carbocycles. The smallest absolute Gasteiger partial charge is 0.265 e. The zero-order valence-electron chi connectivity index (χ0n) is 8.81. The molecule has 0 fully saturated rings. The quantitative estimate of drug-likeness (QED) is 0.785. The Hall–Kier alpha value is -0.870. The van der Waals surface area contributed by atoms with Gasteiger partial charge in [0, 0.05) is 0 Å². The Morgan fingerprint density at radius 1 is 1.07 bits per heavy atom. The molecule has 0 saturated heterocycles. The predicted molar refractivity (Wildman–Crippen MR) is 60.6 cm³/mol. The van der Waals surface area contributed by atoms with Gasteiger partial charge in [0.1, 0.15) is 0 Å². The summed E-state index contributed by atoms with van der Waals surface area (Å²) in [7, 11) is -3.84. The van der Waals surface area contributed by atoms with E-state index in [1.165, 1.54) is 5.56 Å². The molecule has 0 unspecified atom stereocenters. The van der Waals surface area contributed by atoms with Crippen molar-refractivity contribution >= 4 is 10.1 Å². The molecular formula is C11H16O3S. The van der Waals surface area contributed by atoms with E-state index in [1.807, 2.05) is 24.3 Å². The maximum absolute atomic E-state index is 10.5. The zero-order valence-corrected chi connectivity index (χ0v) is 9.63. The van der Waals surface area contributed by atoms with Gasteiger partial charge in [0.25, 0.3) is 10.1 Å². The highest BCUT2D eigenvalue weighted by Gasteiger charge is 2.04. The summed E-state index contributed by atoms with van der Waals surface area (Å²) in [4.78, 5) is 0. The number of benzene rings is 1. The molecule has 4 heteroatoms. The summed E-state index contributed by atoms with van der Waals surface area (Å²) in [5.74, 6) is -0.208. The lowest BCUT2D eigenvalue weighted by molar-refractivity contribution is 0.482. The van der Waals surface area contributed by atoms with Crippen molar-refractivity contribution in [3.63, 3.8) is 0 Å². The van der Waals surface area contributed by atoms with Crippen molar-refractivity contribution < 1.29 is 13.0 Å². The van der Waals surface area contributed by atoms with Crippen molar-refractivity contribution in [2.75, 3.05) is 5.75 Å². The van der Waals surface area contributed by atoms with Crippen LogP contribution in [-0.4, -0.2) is 18.7 Å². The Balaban J connectivity index is 2.57. The number of aryl methyl sites for hydroxylation is 2. The van der Waals surface area contributed by atoms with Crippen LogP contribution in [0.5, 0.6) is 0 Å². The van der Waals surface area contributed by atoms with Gasteiger partial charge in [0.2, 0.25) is 0 Å². The summed E-state index contributed by atoms with van der Waals surface area (Å²) < 4.78 is 29.6. The van der Waals surface area contributed by atoms with Crippen molar-refractivity contribution in [3.8, 4) is 0 Å². The first-order valence-electron chi connectivity index (χ1n) is 5.04. The third-order valence-corrected chi connectivity index (χ3v) is 2.93. The van der Waals surface area contributed by atoms with E-state index >= 15 is 0 Å². The number of hydrogen-bond acceptors (Lipinski definition) is 2. The third kappa shape index (κ3) is 4.95. The standard InChI is InChI=1S/C11H16O3S/c1-2-3-10-4-6-11(7-5-10)8-9-15(12,13)14/h4-7H,2-3,8-9H2,1H3,(H,12,13,14). The molecule has 0 atom stereocenters. The van der Waals surface area contributed by atoms with Crippen LogP contribution in [0.4, 0.5) is 0 Å². The lowest BCUT2D eigenvalue weighted by atomic mass is 10.1. The minimum Gasteiger partial charge on any atom is -0.286 e.